The molecule has 0 radical (unpaired) electrons. The Morgan fingerprint density at radius 1 is 1.19 bits per heavy atom. The normalized spacial score (nSPS) is 14.8. The molecule has 36 heavy (non-hydrogen) atoms. The summed E-state index contributed by atoms with van der Waals surface area (Å²) in [6.45, 7) is 5.53. The summed E-state index contributed by atoms with van der Waals surface area (Å²) in [7, 11) is 1.98. The van der Waals surface area contributed by atoms with Gasteiger partial charge in [0.2, 0.25) is 0 Å². The SMILES string of the molecule is CN(CC(O)CNC(C)(C)CC1Cc2ccccc2C1)Sc1ccc(-c2ccc(C(=O)O)c(Cl)c2)s1. The highest BCUT2D eigenvalue weighted by molar-refractivity contribution is 7.99. The van der Waals surface area contributed by atoms with Gasteiger partial charge >= 0.3 is 5.97 Å². The number of likely N-dealkylation sites (N-methyl/N-ethyl adjacent to an activating group) is 1. The van der Waals surface area contributed by atoms with Gasteiger partial charge in [-0.05, 0) is 99.0 Å². The van der Waals surface area contributed by atoms with Crippen LogP contribution in [0, 0.1) is 5.92 Å². The Bertz CT molecular complexity index is 1190. The van der Waals surface area contributed by atoms with Crippen molar-refractivity contribution in [3.8, 4) is 10.4 Å². The number of halogens is 1. The third-order valence-electron chi connectivity index (χ3n) is 6.53. The summed E-state index contributed by atoms with van der Waals surface area (Å²) in [6.07, 6.45) is 2.88. The minimum atomic E-state index is -1.03. The van der Waals surface area contributed by atoms with Crippen molar-refractivity contribution in [2.45, 2.75) is 49.0 Å². The van der Waals surface area contributed by atoms with Crippen LogP contribution in [0.4, 0.5) is 0 Å². The lowest BCUT2D eigenvalue weighted by Crippen LogP contribution is -2.46. The molecule has 0 fully saturated rings. The monoisotopic (exact) mass is 544 g/mol. The van der Waals surface area contributed by atoms with Crippen molar-refractivity contribution in [2.24, 2.45) is 5.92 Å². The van der Waals surface area contributed by atoms with Gasteiger partial charge < -0.3 is 15.5 Å². The highest BCUT2D eigenvalue weighted by Crippen LogP contribution is 2.36. The van der Waals surface area contributed by atoms with E-state index in [1.54, 1.807) is 35.4 Å². The fourth-order valence-electron chi connectivity index (χ4n) is 4.90. The van der Waals surface area contributed by atoms with Gasteiger partial charge in [0.25, 0.3) is 0 Å². The number of aliphatic hydroxyl groups excluding tert-OH is 1. The van der Waals surface area contributed by atoms with Crippen LogP contribution in [-0.4, -0.2) is 52.3 Å². The molecule has 3 N–H and O–H groups in total. The van der Waals surface area contributed by atoms with Crippen molar-refractivity contribution in [3.05, 3.63) is 76.3 Å². The van der Waals surface area contributed by atoms with Crippen LogP contribution in [0.15, 0.2) is 58.8 Å². The third kappa shape index (κ3) is 7.12. The van der Waals surface area contributed by atoms with Crippen molar-refractivity contribution in [2.75, 3.05) is 20.1 Å². The van der Waals surface area contributed by atoms with Gasteiger partial charge in [0, 0.05) is 23.5 Å². The number of hydrogen-bond acceptors (Lipinski definition) is 6. The lowest BCUT2D eigenvalue weighted by molar-refractivity contribution is 0.0697. The molecule has 1 heterocycles. The molecule has 0 spiro atoms. The molecule has 192 valence electrons. The van der Waals surface area contributed by atoms with E-state index in [1.807, 2.05) is 23.5 Å². The maximum Gasteiger partial charge on any atom is 0.337 e. The molecular formula is C28H33ClN2O3S2. The van der Waals surface area contributed by atoms with Crippen LogP contribution in [0.25, 0.3) is 10.4 Å². The number of nitrogens with zero attached hydrogens (tertiary/aromatic N) is 1. The van der Waals surface area contributed by atoms with E-state index >= 15 is 0 Å². The summed E-state index contributed by atoms with van der Waals surface area (Å²) in [5, 5.41) is 23.7. The van der Waals surface area contributed by atoms with Crippen LogP contribution < -0.4 is 5.32 Å². The fourth-order valence-corrected chi connectivity index (χ4v) is 7.38. The summed E-state index contributed by atoms with van der Waals surface area (Å²) < 4.78 is 3.13. The number of nitrogens with one attached hydrogen (secondary N) is 1. The first kappa shape index (κ1) is 27.2. The number of carbonyl (C=O) groups is 1. The number of benzene rings is 2. The minimum Gasteiger partial charge on any atom is -0.478 e. The molecule has 1 atom stereocenters. The summed E-state index contributed by atoms with van der Waals surface area (Å²) in [6, 6.07) is 17.8. The van der Waals surface area contributed by atoms with Crippen LogP contribution in [0.2, 0.25) is 5.02 Å². The quantitative estimate of drug-likeness (QED) is 0.248. The van der Waals surface area contributed by atoms with Crippen molar-refractivity contribution < 1.29 is 15.0 Å². The van der Waals surface area contributed by atoms with Crippen LogP contribution in [-0.2, 0) is 12.8 Å². The Kier molecular flexibility index (Phi) is 8.81. The standard InChI is InChI=1S/C28H33ClN2O3S2/c1-28(2,15-18-12-19-6-4-5-7-20(19)13-18)30-16-22(32)17-31(3)36-26-11-10-25(35-26)21-8-9-23(27(33)34)24(29)14-21/h4-11,14,18,22,30,32H,12-13,15-17H2,1-3H3,(H,33,34). The second kappa shape index (κ2) is 11.7. The summed E-state index contributed by atoms with van der Waals surface area (Å²) in [5.41, 5.74) is 3.91. The van der Waals surface area contributed by atoms with Crippen molar-refractivity contribution in [1.29, 1.82) is 0 Å². The van der Waals surface area contributed by atoms with Crippen molar-refractivity contribution in [1.82, 2.24) is 9.62 Å². The number of hydrogen-bond donors (Lipinski definition) is 3. The Morgan fingerprint density at radius 3 is 2.53 bits per heavy atom. The molecule has 4 rings (SSSR count). The minimum absolute atomic E-state index is 0.0421. The molecule has 0 saturated heterocycles. The zero-order valence-electron chi connectivity index (χ0n) is 20.8. The molecule has 1 aromatic heterocycles. The smallest absolute Gasteiger partial charge is 0.337 e. The van der Waals surface area contributed by atoms with Gasteiger partial charge in [0.05, 0.1) is 20.9 Å². The van der Waals surface area contributed by atoms with Gasteiger partial charge in [-0.2, -0.15) is 0 Å². The molecule has 0 saturated carbocycles. The maximum atomic E-state index is 11.2. The van der Waals surface area contributed by atoms with Gasteiger partial charge in [-0.25, -0.2) is 9.10 Å². The van der Waals surface area contributed by atoms with Gasteiger partial charge in [0.1, 0.15) is 0 Å². The molecule has 1 unspecified atom stereocenters. The summed E-state index contributed by atoms with van der Waals surface area (Å²) in [4.78, 5) is 12.2. The molecule has 1 aliphatic carbocycles. The van der Waals surface area contributed by atoms with E-state index < -0.39 is 12.1 Å². The van der Waals surface area contributed by atoms with E-state index in [-0.39, 0.29) is 16.1 Å². The molecule has 0 bridgehead atoms. The van der Waals surface area contributed by atoms with E-state index in [0.717, 1.165) is 33.9 Å². The Labute approximate surface area is 226 Å². The zero-order chi connectivity index (χ0) is 25.9. The first-order chi connectivity index (χ1) is 17.1. The molecular weight excluding hydrogens is 512 g/mol. The molecule has 1 aliphatic rings. The van der Waals surface area contributed by atoms with E-state index in [4.69, 9.17) is 16.7 Å². The lowest BCUT2D eigenvalue weighted by atomic mass is 9.88. The average molecular weight is 545 g/mol. The second-order valence-corrected chi connectivity index (χ2v) is 13.2. The number of fused-ring (bicyclic) bond motifs is 1. The predicted octanol–water partition coefficient (Wildman–Crippen LogP) is 6.24. The number of aliphatic hydroxyl groups is 1. The van der Waals surface area contributed by atoms with E-state index in [9.17, 15) is 9.90 Å². The van der Waals surface area contributed by atoms with Gasteiger partial charge in [-0.1, -0.05) is 41.9 Å². The molecule has 8 heteroatoms. The number of rotatable bonds is 11. The van der Waals surface area contributed by atoms with E-state index in [2.05, 4.69) is 43.4 Å². The Hall–Kier alpha value is -1.87. The highest BCUT2D eigenvalue weighted by Gasteiger charge is 2.28. The molecule has 0 aliphatic heterocycles. The topological polar surface area (TPSA) is 72.8 Å². The van der Waals surface area contributed by atoms with Crippen molar-refractivity contribution >= 4 is 40.9 Å². The predicted molar refractivity (Wildman–Crippen MR) is 150 cm³/mol. The Balaban J connectivity index is 1.23. The summed E-state index contributed by atoms with van der Waals surface area (Å²) in [5.74, 6) is -0.389. The van der Waals surface area contributed by atoms with Gasteiger partial charge in [0.15, 0.2) is 0 Å². The average Bonchev–Trinajstić information content (AvgIpc) is 3.43. The summed E-state index contributed by atoms with van der Waals surface area (Å²) >= 11 is 9.33. The zero-order valence-corrected chi connectivity index (χ0v) is 23.2. The van der Waals surface area contributed by atoms with Crippen LogP contribution in [0.3, 0.4) is 0 Å². The molecule has 3 aromatic rings. The van der Waals surface area contributed by atoms with Crippen molar-refractivity contribution in [3.63, 3.8) is 0 Å². The van der Waals surface area contributed by atoms with E-state index in [0.29, 0.717) is 19.0 Å². The first-order valence-electron chi connectivity index (χ1n) is 12.1. The molecule has 0 amide bonds. The second-order valence-electron chi connectivity index (χ2n) is 10.2. The number of β-amino-alcohol motifs (C(OH)–C–C–N with tert-alkyl or cyclic N) is 1. The number of aromatic carboxylic acids is 1. The fraction of sp³-hybridized carbons (Fsp3) is 0.393. The lowest BCUT2D eigenvalue weighted by Gasteiger charge is -2.31. The van der Waals surface area contributed by atoms with Gasteiger partial charge in [-0.15, -0.1) is 11.3 Å². The number of thiophene rings is 1. The van der Waals surface area contributed by atoms with E-state index in [1.165, 1.54) is 17.2 Å². The van der Waals surface area contributed by atoms with Crippen LogP contribution >= 0.6 is 34.9 Å². The van der Waals surface area contributed by atoms with Crippen LogP contribution in [0.1, 0.15) is 41.8 Å². The highest BCUT2D eigenvalue weighted by atomic mass is 35.5. The number of carboxylic acid groups (broad SMARTS) is 1. The van der Waals surface area contributed by atoms with Crippen LogP contribution in [0.5, 0.6) is 0 Å². The molecule has 5 nitrogen and oxygen atoms in total. The molecule has 2 aromatic carbocycles. The largest absolute Gasteiger partial charge is 0.478 e. The first-order valence-corrected chi connectivity index (χ1v) is 14.1. The van der Waals surface area contributed by atoms with Gasteiger partial charge in [-0.3, -0.25) is 0 Å². The number of carboxylic acids is 1. The maximum absolute atomic E-state index is 11.2. The third-order valence-corrected chi connectivity index (χ3v) is 9.02. The Morgan fingerprint density at radius 2 is 1.89 bits per heavy atom.